The van der Waals surface area contributed by atoms with E-state index in [2.05, 4.69) is 59.8 Å². The molecule has 1 amide bonds. The summed E-state index contributed by atoms with van der Waals surface area (Å²) in [6.07, 6.45) is 0. The molecule has 0 heterocycles. The maximum absolute atomic E-state index is 13.5. The van der Waals surface area contributed by atoms with Gasteiger partial charge in [0.1, 0.15) is 5.82 Å². The minimum absolute atomic E-state index is 0.278. The Morgan fingerprint density at radius 3 is 2.60 bits per heavy atom. The molecule has 0 saturated carbocycles. The van der Waals surface area contributed by atoms with E-state index in [4.69, 9.17) is 0 Å². The van der Waals surface area contributed by atoms with Gasteiger partial charge < -0.3 is 5.32 Å². The van der Waals surface area contributed by atoms with Crippen LogP contribution in [0, 0.1) is 16.3 Å². The van der Waals surface area contributed by atoms with E-state index in [-0.39, 0.29) is 5.91 Å². The van der Waals surface area contributed by atoms with E-state index in [1.807, 2.05) is 19.1 Å². The third-order valence-corrected chi connectivity index (χ3v) is 4.66. The summed E-state index contributed by atoms with van der Waals surface area (Å²) in [6.45, 7) is 1.81. The van der Waals surface area contributed by atoms with Gasteiger partial charge in [-0.15, -0.1) is 0 Å². The Morgan fingerprint density at radius 2 is 1.90 bits per heavy atom. The Hall–Kier alpha value is -0.470. The molecule has 0 bridgehead atoms. The number of nitrogens with one attached hydrogen (secondary N) is 1. The molecular formula is C14H9Br2FINO. The van der Waals surface area contributed by atoms with Crippen molar-refractivity contribution >= 4 is 66.0 Å². The van der Waals surface area contributed by atoms with E-state index < -0.39 is 5.82 Å². The van der Waals surface area contributed by atoms with Gasteiger partial charge in [0.25, 0.3) is 5.91 Å². The predicted octanol–water partition coefficient (Wildman–Crippen LogP) is 5.52. The lowest BCUT2D eigenvalue weighted by Gasteiger charge is -2.11. The normalized spacial score (nSPS) is 10.4. The van der Waals surface area contributed by atoms with Crippen LogP contribution in [0.15, 0.2) is 39.3 Å². The number of anilines is 1. The van der Waals surface area contributed by atoms with Crippen molar-refractivity contribution in [2.24, 2.45) is 0 Å². The molecule has 0 saturated heterocycles. The molecule has 2 rings (SSSR count). The van der Waals surface area contributed by atoms with E-state index in [1.165, 1.54) is 6.07 Å². The zero-order valence-corrected chi connectivity index (χ0v) is 15.6. The first-order valence-corrected chi connectivity index (χ1v) is 8.27. The van der Waals surface area contributed by atoms with Gasteiger partial charge in [0.2, 0.25) is 0 Å². The lowest BCUT2D eigenvalue weighted by atomic mass is 10.1. The minimum atomic E-state index is -0.410. The van der Waals surface area contributed by atoms with Gasteiger partial charge in [0, 0.05) is 13.7 Å². The summed E-state index contributed by atoms with van der Waals surface area (Å²) in [6, 6.07) is 8.41. The summed E-state index contributed by atoms with van der Waals surface area (Å²) in [7, 11) is 0. The van der Waals surface area contributed by atoms with Crippen LogP contribution in [0.4, 0.5) is 10.1 Å². The van der Waals surface area contributed by atoms with E-state index in [0.29, 0.717) is 20.2 Å². The van der Waals surface area contributed by atoms with Crippen LogP contribution in [0.3, 0.4) is 0 Å². The van der Waals surface area contributed by atoms with Crippen LogP contribution in [0.25, 0.3) is 0 Å². The van der Waals surface area contributed by atoms with Gasteiger partial charge in [-0.2, -0.15) is 0 Å². The average Bonchev–Trinajstić information content (AvgIpc) is 2.38. The zero-order chi connectivity index (χ0) is 14.9. The van der Waals surface area contributed by atoms with E-state index in [0.717, 1.165) is 9.13 Å². The standard InChI is InChI=1S/C14H9Br2FINO/c1-7-4-11(16)12(17)6-13(7)19-14(20)9-5-8(18)2-3-10(9)15/h2-6H,1H3,(H,19,20). The molecule has 0 aliphatic carbocycles. The van der Waals surface area contributed by atoms with Crippen LogP contribution in [0.1, 0.15) is 15.9 Å². The summed E-state index contributed by atoms with van der Waals surface area (Å²) in [5.41, 5.74) is 1.76. The summed E-state index contributed by atoms with van der Waals surface area (Å²) < 4.78 is 15.6. The van der Waals surface area contributed by atoms with Gasteiger partial charge in [-0.1, -0.05) is 0 Å². The van der Waals surface area contributed by atoms with Gasteiger partial charge in [0.05, 0.1) is 10.0 Å². The molecule has 0 radical (unpaired) electrons. The first kappa shape index (κ1) is 15.9. The van der Waals surface area contributed by atoms with Gasteiger partial charge >= 0.3 is 0 Å². The van der Waals surface area contributed by atoms with Crippen molar-refractivity contribution in [2.75, 3.05) is 5.32 Å². The Bertz CT molecular complexity index is 691. The number of hydrogen-bond acceptors (Lipinski definition) is 1. The van der Waals surface area contributed by atoms with Crippen molar-refractivity contribution in [1.29, 1.82) is 0 Å². The molecule has 2 nitrogen and oxygen atoms in total. The fourth-order valence-electron chi connectivity index (χ4n) is 1.64. The SMILES string of the molecule is Cc1cc(Br)c(F)cc1NC(=O)c1cc(I)ccc1Br. The van der Waals surface area contributed by atoms with E-state index in [1.54, 1.807) is 12.1 Å². The molecule has 2 aromatic carbocycles. The highest BCUT2D eigenvalue weighted by atomic mass is 127. The van der Waals surface area contributed by atoms with Crippen LogP contribution in [-0.2, 0) is 0 Å². The number of rotatable bonds is 2. The third-order valence-electron chi connectivity index (χ3n) is 2.69. The Labute approximate surface area is 146 Å². The Kier molecular flexibility index (Phi) is 5.19. The number of carbonyl (C=O) groups is 1. The van der Waals surface area contributed by atoms with Crippen molar-refractivity contribution in [3.63, 3.8) is 0 Å². The summed E-state index contributed by atoms with van der Waals surface area (Å²) in [5.74, 6) is -0.687. The molecule has 1 N–H and O–H groups in total. The second kappa shape index (κ2) is 6.53. The fraction of sp³-hybridized carbons (Fsp3) is 0.0714. The molecule has 0 fully saturated rings. The molecule has 20 heavy (non-hydrogen) atoms. The van der Waals surface area contributed by atoms with Gasteiger partial charge in [0.15, 0.2) is 0 Å². The molecule has 2 aromatic rings. The van der Waals surface area contributed by atoms with E-state index in [9.17, 15) is 9.18 Å². The first-order chi connectivity index (χ1) is 9.38. The van der Waals surface area contributed by atoms with Crippen molar-refractivity contribution in [3.05, 3.63) is 59.8 Å². The highest BCUT2D eigenvalue weighted by Crippen LogP contribution is 2.26. The Morgan fingerprint density at radius 1 is 1.20 bits per heavy atom. The van der Waals surface area contributed by atoms with Crippen LogP contribution in [0.5, 0.6) is 0 Å². The van der Waals surface area contributed by atoms with Crippen molar-refractivity contribution in [2.45, 2.75) is 6.92 Å². The lowest BCUT2D eigenvalue weighted by Crippen LogP contribution is -2.14. The Balaban J connectivity index is 2.32. The quantitative estimate of drug-likeness (QED) is 0.528. The summed E-state index contributed by atoms with van der Waals surface area (Å²) in [5, 5.41) is 2.73. The second-order valence-electron chi connectivity index (χ2n) is 4.16. The van der Waals surface area contributed by atoms with Gasteiger partial charge in [-0.05, 0) is 97.3 Å². The monoisotopic (exact) mass is 511 g/mol. The maximum atomic E-state index is 13.5. The topological polar surface area (TPSA) is 29.1 Å². The van der Waals surface area contributed by atoms with Gasteiger partial charge in [-0.25, -0.2) is 4.39 Å². The highest BCUT2D eigenvalue weighted by molar-refractivity contribution is 14.1. The van der Waals surface area contributed by atoms with Crippen LogP contribution in [0.2, 0.25) is 0 Å². The minimum Gasteiger partial charge on any atom is -0.322 e. The third kappa shape index (κ3) is 3.59. The first-order valence-electron chi connectivity index (χ1n) is 5.60. The second-order valence-corrected chi connectivity index (χ2v) is 7.11. The molecule has 0 spiro atoms. The predicted molar refractivity (Wildman–Crippen MR) is 93.6 cm³/mol. The number of halogens is 4. The molecule has 104 valence electrons. The molecule has 6 heteroatoms. The number of benzene rings is 2. The molecule has 0 aliphatic heterocycles. The smallest absolute Gasteiger partial charge is 0.256 e. The lowest BCUT2D eigenvalue weighted by molar-refractivity contribution is 0.102. The van der Waals surface area contributed by atoms with Crippen LogP contribution >= 0.6 is 54.5 Å². The van der Waals surface area contributed by atoms with Gasteiger partial charge in [-0.3, -0.25) is 4.79 Å². The summed E-state index contributed by atoms with van der Waals surface area (Å²) >= 11 is 8.60. The summed E-state index contributed by atoms with van der Waals surface area (Å²) in [4.78, 5) is 12.3. The maximum Gasteiger partial charge on any atom is 0.256 e. The van der Waals surface area contributed by atoms with Crippen molar-refractivity contribution in [3.8, 4) is 0 Å². The van der Waals surface area contributed by atoms with Crippen LogP contribution in [-0.4, -0.2) is 5.91 Å². The van der Waals surface area contributed by atoms with E-state index >= 15 is 0 Å². The number of carbonyl (C=O) groups excluding carboxylic acids is 1. The number of aryl methyl sites for hydroxylation is 1. The average molecular weight is 513 g/mol. The molecular weight excluding hydrogens is 504 g/mol. The molecule has 0 atom stereocenters. The molecule has 0 aliphatic rings. The fourth-order valence-corrected chi connectivity index (χ4v) is 3.02. The van der Waals surface area contributed by atoms with Crippen molar-refractivity contribution in [1.82, 2.24) is 0 Å². The highest BCUT2D eigenvalue weighted by Gasteiger charge is 2.13. The van der Waals surface area contributed by atoms with Crippen molar-refractivity contribution < 1.29 is 9.18 Å². The largest absolute Gasteiger partial charge is 0.322 e. The number of hydrogen-bond donors (Lipinski definition) is 1. The molecule has 0 aromatic heterocycles. The number of amides is 1. The van der Waals surface area contributed by atoms with Crippen LogP contribution < -0.4 is 5.32 Å². The zero-order valence-electron chi connectivity index (χ0n) is 10.3. The molecule has 0 unspecified atom stereocenters.